The van der Waals surface area contributed by atoms with Gasteiger partial charge in [0.2, 0.25) is 5.91 Å². The monoisotopic (exact) mass is 248 g/mol. The van der Waals surface area contributed by atoms with Gasteiger partial charge in [0.15, 0.2) is 0 Å². The van der Waals surface area contributed by atoms with Gasteiger partial charge in [0, 0.05) is 13.2 Å². The molecule has 2 rings (SSSR count). The minimum atomic E-state index is -1.00. The molecule has 1 aromatic rings. The molecular weight excluding hydrogens is 228 g/mol. The molecule has 3 N–H and O–H groups in total. The summed E-state index contributed by atoms with van der Waals surface area (Å²) in [4.78, 5) is 12.1. The second-order valence-corrected chi connectivity index (χ2v) is 4.91. The maximum atomic E-state index is 12.1. The molecule has 0 bridgehead atoms. The number of ether oxygens (including phenoxy) is 1. The summed E-state index contributed by atoms with van der Waals surface area (Å²) >= 11 is 0. The number of carbonyl (C=O) groups excluding carboxylic acids is 1. The largest absolute Gasteiger partial charge is 0.376 e. The number of nitrogens with one attached hydrogen (secondary N) is 1. The quantitative estimate of drug-likeness (QED) is 0.840. The van der Waals surface area contributed by atoms with E-state index in [0.717, 1.165) is 25.0 Å². The lowest BCUT2D eigenvalue weighted by Crippen LogP contribution is -2.50. The zero-order chi connectivity index (χ0) is 13.0. The Balaban J connectivity index is 1.94. The van der Waals surface area contributed by atoms with Gasteiger partial charge in [0.1, 0.15) is 5.54 Å². The SMILES string of the molecule is CC(N)(C(=O)NCC1CCCO1)c1ccccc1. The number of benzene rings is 1. The molecule has 4 heteroatoms. The lowest BCUT2D eigenvalue weighted by atomic mass is 9.92. The molecule has 4 nitrogen and oxygen atoms in total. The molecule has 2 atom stereocenters. The summed E-state index contributed by atoms with van der Waals surface area (Å²) in [6.07, 6.45) is 2.21. The van der Waals surface area contributed by atoms with Gasteiger partial charge in [-0.2, -0.15) is 0 Å². The average molecular weight is 248 g/mol. The molecule has 1 aliphatic heterocycles. The zero-order valence-corrected chi connectivity index (χ0v) is 10.7. The van der Waals surface area contributed by atoms with Crippen LogP contribution in [0.2, 0.25) is 0 Å². The van der Waals surface area contributed by atoms with Crippen molar-refractivity contribution in [3.63, 3.8) is 0 Å². The van der Waals surface area contributed by atoms with Crippen molar-refractivity contribution in [3.05, 3.63) is 35.9 Å². The summed E-state index contributed by atoms with van der Waals surface area (Å²) in [6.45, 7) is 3.06. The minimum Gasteiger partial charge on any atom is -0.376 e. The fourth-order valence-corrected chi connectivity index (χ4v) is 2.11. The Hall–Kier alpha value is -1.39. The summed E-state index contributed by atoms with van der Waals surface area (Å²) in [5.74, 6) is -0.163. The van der Waals surface area contributed by atoms with Crippen molar-refractivity contribution >= 4 is 5.91 Å². The lowest BCUT2D eigenvalue weighted by molar-refractivity contribution is -0.126. The molecule has 0 aromatic heterocycles. The lowest BCUT2D eigenvalue weighted by Gasteiger charge is -2.24. The van der Waals surface area contributed by atoms with E-state index in [9.17, 15) is 4.79 Å². The third-order valence-electron chi connectivity index (χ3n) is 3.36. The van der Waals surface area contributed by atoms with Gasteiger partial charge in [-0.05, 0) is 25.3 Å². The summed E-state index contributed by atoms with van der Waals surface area (Å²) in [6, 6.07) is 9.41. The first kappa shape index (κ1) is 13.1. The van der Waals surface area contributed by atoms with Crippen LogP contribution in [0.15, 0.2) is 30.3 Å². The Morgan fingerprint density at radius 3 is 2.83 bits per heavy atom. The Labute approximate surface area is 108 Å². The number of hydrogen-bond donors (Lipinski definition) is 2. The van der Waals surface area contributed by atoms with Crippen molar-refractivity contribution in [2.24, 2.45) is 5.73 Å². The Kier molecular flexibility index (Phi) is 3.99. The fourth-order valence-electron chi connectivity index (χ4n) is 2.11. The topological polar surface area (TPSA) is 64.4 Å². The van der Waals surface area contributed by atoms with E-state index in [1.807, 2.05) is 30.3 Å². The van der Waals surface area contributed by atoms with Gasteiger partial charge in [-0.15, -0.1) is 0 Å². The van der Waals surface area contributed by atoms with Crippen LogP contribution in [0.4, 0.5) is 0 Å². The molecule has 1 saturated heterocycles. The van der Waals surface area contributed by atoms with Gasteiger partial charge >= 0.3 is 0 Å². The fraction of sp³-hybridized carbons (Fsp3) is 0.500. The number of nitrogens with two attached hydrogens (primary N) is 1. The van der Waals surface area contributed by atoms with E-state index >= 15 is 0 Å². The van der Waals surface area contributed by atoms with Gasteiger partial charge < -0.3 is 15.8 Å². The van der Waals surface area contributed by atoms with Crippen molar-refractivity contribution in [1.29, 1.82) is 0 Å². The van der Waals surface area contributed by atoms with Gasteiger partial charge in [-0.1, -0.05) is 30.3 Å². The van der Waals surface area contributed by atoms with Crippen LogP contribution in [0.1, 0.15) is 25.3 Å². The van der Waals surface area contributed by atoms with Gasteiger partial charge in [0.05, 0.1) is 6.10 Å². The number of hydrogen-bond acceptors (Lipinski definition) is 3. The van der Waals surface area contributed by atoms with Crippen molar-refractivity contribution in [2.75, 3.05) is 13.2 Å². The molecule has 0 spiro atoms. The van der Waals surface area contributed by atoms with Crippen LogP contribution in [-0.4, -0.2) is 25.2 Å². The first-order valence-corrected chi connectivity index (χ1v) is 6.35. The van der Waals surface area contributed by atoms with E-state index < -0.39 is 5.54 Å². The summed E-state index contributed by atoms with van der Waals surface area (Å²) < 4.78 is 5.47. The number of rotatable bonds is 4. The normalized spacial score (nSPS) is 22.4. The van der Waals surface area contributed by atoms with E-state index in [2.05, 4.69) is 5.32 Å². The van der Waals surface area contributed by atoms with Crippen LogP contribution in [0, 0.1) is 0 Å². The highest BCUT2D eigenvalue weighted by atomic mass is 16.5. The van der Waals surface area contributed by atoms with E-state index in [1.54, 1.807) is 6.92 Å². The van der Waals surface area contributed by atoms with Crippen LogP contribution in [0.5, 0.6) is 0 Å². The molecule has 1 aliphatic rings. The van der Waals surface area contributed by atoms with Crippen LogP contribution in [0.3, 0.4) is 0 Å². The van der Waals surface area contributed by atoms with E-state index in [0.29, 0.717) is 6.54 Å². The molecule has 2 unspecified atom stereocenters. The molecule has 0 aliphatic carbocycles. The van der Waals surface area contributed by atoms with Crippen LogP contribution < -0.4 is 11.1 Å². The molecular formula is C14H20N2O2. The third-order valence-corrected chi connectivity index (χ3v) is 3.36. The average Bonchev–Trinajstić information content (AvgIpc) is 2.90. The van der Waals surface area contributed by atoms with Crippen LogP contribution in [-0.2, 0) is 15.1 Å². The summed E-state index contributed by atoms with van der Waals surface area (Å²) in [7, 11) is 0. The van der Waals surface area contributed by atoms with Gasteiger partial charge in [0.25, 0.3) is 0 Å². The standard InChI is InChI=1S/C14H20N2O2/c1-14(15,11-6-3-2-4-7-11)13(17)16-10-12-8-5-9-18-12/h2-4,6-7,12H,5,8-10,15H2,1H3,(H,16,17). The number of carbonyl (C=O) groups is 1. The Morgan fingerprint density at radius 2 is 2.22 bits per heavy atom. The first-order chi connectivity index (χ1) is 8.60. The van der Waals surface area contributed by atoms with E-state index in [-0.39, 0.29) is 12.0 Å². The molecule has 18 heavy (non-hydrogen) atoms. The molecule has 98 valence electrons. The van der Waals surface area contributed by atoms with Gasteiger partial charge in [-0.25, -0.2) is 0 Å². The molecule has 1 heterocycles. The molecule has 1 aromatic carbocycles. The predicted molar refractivity (Wildman–Crippen MR) is 70.0 cm³/mol. The molecule has 0 radical (unpaired) electrons. The Bertz CT molecular complexity index is 398. The van der Waals surface area contributed by atoms with Crippen molar-refractivity contribution in [3.8, 4) is 0 Å². The predicted octanol–water partition coefficient (Wildman–Crippen LogP) is 1.16. The second kappa shape index (κ2) is 5.50. The molecule has 1 fully saturated rings. The first-order valence-electron chi connectivity index (χ1n) is 6.35. The highest BCUT2D eigenvalue weighted by Gasteiger charge is 2.30. The van der Waals surface area contributed by atoms with Crippen LogP contribution >= 0.6 is 0 Å². The smallest absolute Gasteiger partial charge is 0.244 e. The van der Waals surface area contributed by atoms with Gasteiger partial charge in [-0.3, -0.25) is 4.79 Å². The van der Waals surface area contributed by atoms with Crippen LogP contribution in [0.25, 0.3) is 0 Å². The van der Waals surface area contributed by atoms with Crippen molar-refractivity contribution in [1.82, 2.24) is 5.32 Å². The second-order valence-electron chi connectivity index (χ2n) is 4.91. The Morgan fingerprint density at radius 1 is 1.50 bits per heavy atom. The number of amides is 1. The maximum absolute atomic E-state index is 12.1. The summed E-state index contributed by atoms with van der Waals surface area (Å²) in [5, 5.41) is 2.87. The van der Waals surface area contributed by atoms with Crippen molar-refractivity contribution in [2.45, 2.75) is 31.4 Å². The van der Waals surface area contributed by atoms with E-state index in [4.69, 9.17) is 10.5 Å². The maximum Gasteiger partial charge on any atom is 0.244 e. The molecule has 0 saturated carbocycles. The highest BCUT2D eigenvalue weighted by molar-refractivity contribution is 5.86. The highest BCUT2D eigenvalue weighted by Crippen LogP contribution is 2.18. The summed E-state index contributed by atoms with van der Waals surface area (Å²) in [5.41, 5.74) is 5.93. The zero-order valence-electron chi connectivity index (χ0n) is 10.7. The van der Waals surface area contributed by atoms with Crippen molar-refractivity contribution < 1.29 is 9.53 Å². The van der Waals surface area contributed by atoms with E-state index in [1.165, 1.54) is 0 Å². The third kappa shape index (κ3) is 2.89. The molecule has 1 amide bonds. The minimum absolute atomic E-state index is 0.139.